The van der Waals surface area contributed by atoms with E-state index in [-0.39, 0.29) is 0 Å². The molecule has 0 radical (unpaired) electrons. The van der Waals surface area contributed by atoms with Gasteiger partial charge in [-0.05, 0) is 36.9 Å². The Balaban J connectivity index is 2.36. The first-order chi connectivity index (χ1) is 8.80. The number of rotatable bonds is 10. The van der Waals surface area contributed by atoms with Gasteiger partial charge in [-0.15, -0.1) is 0 Å². The number of nitrogens with zero attached hydrogens (tertiary/aromatic N) is 1. The van der Waals surface area contributed by atoms with E-state index in [9.17, 15) is 0 Å². The Morgan fingerprint density at radius 3 is 2.72 bits per heavy atom. The molecule has 1 aromatic heterocycles. The number of aromatic nitrogens is 1. The molecular formula is C16H30N2. The minimum atomic E-state index is 0.841. The lowest BCUT2D eigenvalue weighted by Crippen LogP contribution is -2.13. The van der Waals surface area contributed by atoms with E-state index >= 15 is 0 Å². The third kappa shape index (κ3) is 5.72. The lowest BCUT2D eigenvalue weighted by molar-refractivity contribution is 0.391. The monoisotopic (exact) mass is 250 g/mol. The molecule has 0 amide bonds. The van der Waals surface area contributed by atoms with Crippen molar-refractivity contribution in [2.24, 2.45) is 5.92 Å². The standard InChI is InChI=1S/C16H30N2/c1-4-7-8-15(6-3)13-18-11-9-16(14-18)12-17-10-5-2/h9,11,14-15,17H,4-8,10,12-13H2,1-3H3. The fourth-order valence-corrected chi connectivity index (χ4v) is 2.33. The summed E-state index contributed by atoms with van der Waals surface area (Å²) in [6.45, 7) is 10.1. The molecular weight excluding hydrogens is 220 g/mol. The van der Waals surface area contributed by atoms with Gasteiger partial charge in [0.15, 0.2) is 0 Å². The molecule has 0 fully saturated rings. The largest absolute Gasteiger partial charge is 0.354 e. The van der Waals surface area contributed by atoms with Crippen molar-refractivity contribution in [3.8, 4) is 0 Å². The Labute approximate surface area is 113 Å². The summed E-state index contributed by atoms with van der Waals surface area (Å²) < 4.78 is 2.37. The second kappa shape index (κ2) is 9.21. The maximum absolute atomic E-state index is 3.45. The van der Waals surface area contributed by atoms with Gasteiger partial charge in [0.05, 0.1) is 0 Å². The summed E-state index contributed by atoms with van der Waals surface area (Å²) in [7, 11) is 0. The van der Waals surface area contributed by atoms with Gasteiger partial charge in [0, 0.05) is 25.5 Å². The minimum Gasteiger partial charge on any atom is -0.354 e. The summed E-state index contributed by atoms with van der Waals surface area (Å²) in [5, 5.41) is 3.45. The Kier molecular flexibility index (Phi) is 7.83. The van der Waals surface area contributed by atoms with Gasteiger partial charge in [0.1, 0.15) is 0 Å². The first-order valence-electron chi connectivity index (χ1n) is 7.65. The highest BCUT2D eigenvalue weighted by atomic mass is 14.9. The predicted molar refractivity (Wildman–Crippen MR) is 79.7 cm³/mol. The number of hydrogen-bond acceptors (Lipinski definition) is 1. The van der Waals surface area contributed by atoms with Crippen LogP contribution in [0.25, 0.3) is 0 Å². The highest BCUT2D eigenvalue weighted by Crippen LogP contribution is 2.15. The van der Waals surface area contributed by atoms with E-state index < -0.39 is 0 Å². The molecule has 1 atom stereocenters. The summed E-state index contributed by atoms with van der Waals surface area (Å²) in [5.41, 5.74) is 1.41. The molecule has 0 aliphatic carbocycles. The molecule has 2 heteroatoms. The van der Waals surface area contributed by atoms with Gasteiger partial charge in [-0.25, -0.2) is 0 Å². The smallest absolute Gasteiger partial charge is 0.0247 e. The highest BCUT2D eigenvalue weighted by molar-refractivity contribution is 5.09. The van der Waals surface area contributed by atoms with Crippen LogP contribution in [-0.4, -0.2) is 11.1 Å². The van der Waals surface area contributed by atoms with Crippen molar-refractivity contribution in [1.29, 1.82) is 0 Å². The van der Waals surface area contributed by atoms with Gasteiger partial charge in [0.25, 0.3) is 0 Å². The zero-order valence-corrected chi connectivity index (χ0v) is 12.4. The van der Waals surface area contributed by atoms with Crippen molar-refractivity contribution in [1.82, 2.24) is 9.88 Å². The Morgan fingerprint density at radius 1 is 1.22 bits per heavy atom. The summed E-state index contributed by atoms with van der Waals surface area (Å²) >= 11 is 0. The van der Waals surface area contributed by atoms with Gasteiger partial charge in [-0.2, -0.15) is 0 Å². The zero-order chi connectivity index (χ0) is 13.2. The van der Waals surface area contributed by atoms with Crippen LogP contribution in [-0.2, 0) is 13.1 Å². The van der Waals surface area contributed by atoms with Crippen LogP contribution in [0, 0.1) is 5.92 Å². The van der Waals surface area contributed by atoms with Crippen LogP contribution in [0.3, 0.4) is 0 Å². The van der Waals surface area contributed by atoms with Crippen LogP contribution in [0.1, 0.15) is 58.4 Å². The molecule has 1 unspecified atom stereocenters. The molecule has 0 saturated carbocycles. The molecule has 1 heterocycles. The average molecular weight is 250 g/mol. The molecule has 0 aliphatic heterocycles. The van der Waals surface area contributed by atoms with Gasteiger partial charge in [-0.1, -0.05) is 40.0 Å². The Hall–Kier alpha value is -0.760. The van der Waals surface area contributed by atoms with Crippen LogP contribution in [0.2, 0.25) is 0 Å². The van der Waals surface area contributed by atoms with Crippen molar-refractivity contribution in [3.05, 3.63) is 24.0 Å². The molecule has 18 heavy (non-hydrogen) atoms. The van der Waals surface area contributed by atoms with Crippen molar-refractivity contribution in [2.45, 2.75) is 66.0 Å². The van der Waals surface area contributed by atoms with E-state index in [0.29, 0.717) is 0 Å². The topological polar surface area (TPSA) is 17.0 Å². The van der Waals surface area contributed by atoms with Crippen LogP contribution in [0.5, 0.6) is 0 Å². The molecule has 0 spiro atoms. The molecule has 0 aliphatic rings. The van der Waals surface area contributed by atoms with Crippen LogP contribution in [0.4, 0.5) is 0 Å². The summed E-state index contributed by atoms with van der Waals surface area (Å²) in [4.78, 5) is 0. The molecule has 0 aromatic carbocycles. The third-order valence-corrected chi connectivity index (χ3v) is 3.58. The van der Waals surface area contributed by atoms with Gasteiger partial charge >= 0.3 is 0 Å². The summed E-state index contributed by atoms with van der Waals surface area (Å²) in [6.07, 6.45) is 11.1. The maximum Gasteiger partial charge on any atom is 0.0247 e. The molecule has 1 rings (SSSR count). The van der Waals surface area contributed by atoms with Crippen molar-refractivity contribution < 1.29 is 0 Å². The zero-order valence-electron chi connectivity index (χ0n) is 12.4. The van der Waals surface area contributed by atoms with Crippen LogP contribution >= 0.6 is 0 Å². The van der Waals surface area contributed by atoms with E-state index in [1.807, 2.05) is 0 Å². The summed E-state index contributed by atoms with van der Waals surface area (Å²) in [5.74, 6) is 0.841. The quantitative estimate of drug-likeness (QED) is 0.616. The van der Waals surface area contributed by atoms with Gasteiger partial charge in [-0.3, -0.25) is 0 Å². The van der Waals surface area contributed by atoms with E-state index in [4.69, 9.17) is 0 Å². The second-order valence-electron chi connectivity index (χ2n) is 5.31. The van der Waals surface area contributed by atoms with E-state index in [2.05, 4.69) is 49.1 Å². The predicted octanol–water partition coefficient (Wildman–Crippen LogP) is 4.20. The molecule has 0 bridgehead atoms. The van der Waals surface area contributed by atoms with Gasteiger partial charge < -0.3 is 9.88 Å². The van der Waals surface area contributed by atoms with E-state index in [1.165, 1.54) is 44.2 Å². The number of unbranched alkanes of at least 4 members (excludes halogenated alkanes) is 1. The summed E-state index contributed by atoms with van der Waals surface area (Å²) in [6, 6.07) is 2.25. The fraction of sp³-hybridized carbons (Fsp3) is 0.750. The number of nitrogens with one attached hydrogen (secondary N) is 1. The lowest BCUT2D eigenvalue weighted by atomic mass is 9.99. The third-order valence-electron chi connectivity index (χ3n) is 3.58. The Morgan fingerprint density at radius 2 is 2.06 bits per heavy atom. The normalized spacial score (nSPS) is 12.8. The molecule has 1 N–H and O–H groups in total. The maximum atomic E-state index is 3.45. The Bertz CT molecular complexity index is 304. The molecule has 2 nitrogen and oxygen atoms in total. The van der Waals surface area contributed by atoms with Crippen LogP contribution < -0.4 is 5.32 Å². The first-order valence-corrected chi connectivity index (χ1v) is 7.65. The van der Waals surface area contributed by atoms with Crippen molar-refractivity contribution in [2.75, 3.05) is 6.54 Å². The van der Waals surface area contributed by atoms with E-state index in [1.54, 1.807) is 0 Å². The molecule has 104 valence electrons. The highest BCUT2D eigenvalue weighted by Gasteiger charge is 2.06. The van der Waals surface area contributed by atoms with Crippen molar-refractivity contribution in [3.63, 3.8) is 0 Å². The minimum absolute atomic E-state index is 0.841. The average Bonchev–Trinajstić information content (AvgIpc) is 2.82. The van der Waals surface area contributed by atoms with Crippen LogP contribution in [0.15, 0.2) is 18.5 Å². The second-order valence-corrected chi connectivity index (χ2v) is 5.31. The van der Waals surface area contributed by atoms with Gasteiger partial charge in [0.2, 0.25) is 0 Å². The fourth-order valence-electron chi connectivity index (χ4n) is 2.33. The SMILES string of the molecule is CCCCC(CC)Cn1ccc(CNCCC)c1. The van der Waals surface area contributed by atoms with Crippen molar-refractivity contribution >= 4 is 0 Å². The molecule has 0 saturated heterocycles. The van der Waals surface area contributed by atoms with E-state index in [0.717, 1.165) is 19.0 Å². The number of hydrogen-bond donors (Lipinski definition) is 1. The first kappa shape index (κ1) is 15.3. The molecule has 1 aromatic rings. The lowest BCUT2D eigenvalue weighted by Gasteiger charge is -2.15.